The molecule has 0 amide bonds. The van der Waals surface area contributed by atoms with Gasteiger partial charge in [-0.05, 0) is 67.9 Å². The van der Waals surface area contributed by atoms with E-state index >= 15 is 0 Å². The van der Waals surface area contributed by atoms with Gasteiger partial charge in [-0.25, -0.2) is 4.79 Å². The van der Waals surface area contributed by atoms with E-state index in [0.29, 0.717) is 17.5 Å². The van der Waals surface area contributed by atoms with Crippen molar-refractivity contribution in [3.8, 4) is 11.5 Å². The maximum Gasteiger partial charge on any atom is 0.337 e. The summed E-state index contributed by atoms with van der Waals surface area (Å²) in [6.45, 7) is 11.9. The van der Waals surface area contributed by atoms with E-state index in [1.54, 1.807) is 6.07 Å². The molecule has 35 heavy (non-hydrogen) atoms. The lowest BCUT2D eigenvalue weighted by Gasteiger charge is -2.59. The zero-order chi connectivity index (χ0) is 26.0. The fourth-order valence-electron chi connectivity index (χ4n) is 6.41. The highest BCUT2D eigenvalue weighted by atomic mass is 16.6. The van der Waals surface area contributed by atoms with Crippen LogP contribution in [-0.2, 0) is 25.5 Å². The Morgan fingerprint density at radius 2 is 1.83 bits per heavy atom. The van der Waals surface area contributed by atoms with E-state index in [1.807, 2.05) is 0 Å². The van der Waals surface area contributed by atoms with Crippen LogP contribution in [0.15, 0.2) is 24.3 Å². The molecule has 0 saturated heterocycles. The number of fused-ring (bicyclic) bond motifs is 1. The molecule has 0 heterocycles. The van der Waals surface area contributed by atoms with Gasteiger partial charge in [-0.15, -0.1) is 0 Å². The van der Waals surface area contributed by atoms with Crippen molar-refractivity contribution < 1.29 is 33.3 Å². The van der Waals surface area contributed by atoms with Crippen LogP contribution >= 0.6 is 0 Å². The molecule has 2 saturated carbocycles. The fourth-order valence-corrected chi connectivity index (χ4v) is 6.41. The van der Waals surface area contributed by atoms with Crippen molar-refractivity contribution in [1.82, 2.24) is 0 Å². The summed E-state index contributed by atoms with van der Waals surface area (Å²) < 4.78 is 21.8. The lowest BCUT2D eigenvalue weighted by atomic mass is 9.45. The maximum absolute atomic E-state index is 12.5. The normalized spacial score (nSPS) is 28.0. The summed E-state index contributed by atoms with van der Waals surface area (Å²) in [5.41, 5.74) is 1.67. The Morgan fingerprint density at radius 3 is 2.43 bits per heavy atom. The van der Waals surface area contributed by atoms with Crippen molar-refractivity contribution in [2.24, 2.45) is 22.7 Å². The first-order valence-electron chi connectivity index (χ1n) is 12.3. The molecule has 0 bridgehead atoms. The predicted octanol–water partition coefficient (Wildman–Crippen LogP) is 5.29. The molecule has 4 atom stereocenters. The average Bonchev–Trinajstić information content (AvgIpc) is 2.81. The van der Waals surface area contributed by atoms with Gasteiger partial charge in [-0.1, -0.05) is 26.0 Å². The third-order valence-electron chi connectivity index (χ3n) is 8.40. The van der Waals surface area contributed by atoms with Gasteiger partial charge in [0.05, 0.1) is 26.4 Å². The number of methoxy groups -OCH3 is 2. The number of carbonyl (C=O) groups is 3. The van der Waals surface area contributed by atoms with E-state index in [-0.39, 0.29) is 41.3 Å². The minimum absolute atomic E-state index is 0.0868. The van der Waals surface area contributed by atoms with Gasteiger partial charge < -0.3 is 18.9 Å². The van der Waals surface area contributed by atoms with Crippen LogP contribution in [0, 0.1) is 22.7 Å². The molecule has 2 fully saturated rings. The second-order valence-electron chi connectivity index (χ2n) is 10.3. The molecular formula is C28H38O7. The van der Waals surface area contributed by atoms with Crippen molar-refractivity contribution in [3.63, 3.8) is 0 Å². The minimum atomic E-state index is -0.513. The Hall–Kier alpha value is -2.83. The summed E-state index contributed by atoms with van der Waals surface area (Å²) in [5, 5.41) is 0. The summed E-state index contributed by atoms with van der Waals surface area (Å²) in [7, 11) is 2.78. The zero-order valence-electron chi connectivity index (χ0n) is 21.8. The molecule has 2 aliphatic carbocycles. The Labute approximate surface area is 208 Å². The van der Waals surface area contributed by atoms with Crippen LogP contribution < -0.4 is 9.47 Å². The quantitative estimate of drug-likeness (QED) is 0.294. The third-order valence-corrected chi connectivity index (χ3v) is 8.40. The number of carbonyl (C=O) groups excluding carboxylic acids is 3. The van der Waals surface area contributed by atoms with Crippen LogP contribution in [0.5, 0.6) is 11.5 Å². The molecule has 2 aliphatic rings. The van der Waals surface area contributed by atoms with Crippen LogP contribution in [0.2, 0.25) is 0 Å². The largest absolute Gasteiger partial charge is 0.493 e. The molecule has 1 aromatic carbocycles. The molecule has 0 N–H and O–H groups in total. The average molecular weight is 487 g/mol. The molecule has 0 spiro atoms. The van der Waals surface area contributed by atoms with Crippen LogP contribution in [0.1, 0.15) is 75.7 Å². The van der Waals surface area contributed by atoms with Gasteiger partial charge in [0.2, 0.25) is 0 Å². The van der Waals surface area contributed by atoms with E-state index in [9.17, 15) is 14.4 Å². The van der Waals surface area contributed by atoms with E-state index in [0.717, 1.165) is 32.1 Å². The second kappa shape index (κ2) is 10.4. The van der Waals surface area contributed by atoms with E-state index < -0.39 is 17.4 Å². The number of rotatable bonds is 7. The maximum atomic E-state index is 12.5. The van der Waals surface area contributed by atoms with Crippen molar-refractivity contribution >= 4 is 17.9 Å². The first-order chi connectivity index (χ1) is 16.5. The number of ether oxygens (including phenoxy) is 4. The SMILES string of the molecule is C=C1CCC[C@H]2[C@](COC(C)=O)(Cc3cc(C(=O)OC)cc(OC)c3OC(C)=O)[C@@H](C)CC[C@]12C. The Kier molecular flexibility index (Phi) is 7.97. The number of hydrogen-bond donors (Lipinski definition) is 0. The Bertz CT molecular complexity index is 1010. The number of hydrogen-bond acceptors (Lipinski definition) is 7. The standard InChI is InChI=1S/C28H38O7/c1-17-9-8-10-24-27(17,5)12-11-18(2)28(24,16-34-19(3)29)15-22-13-21(26(31)33-7)14-23(32-6)25(22)35-20(4)30/h13-14,18,24H,1,8-12,15-16H2,2-7H3/t18-,24+,27+,28-/m0/s1. The van der Waals surface area contributed by atoms with Gasteiger partial charge >= 0.3 is 17.9 Å². The van der Waals surface area contributed by atoms with Crippen molar-refractivity contribution in [3.05, 3.63) is 35.4 Å². The predicted molar refractivity (Wildman–Crippen MR) is 131 cm³/mol. The smallest absolute Gasteiger partial charge is 0.337 e. The van der Waals surface area contributed by atoms with Crippen molar-refractivity contribution in [1.29, 1.82) is 0 Å². The van der Waals surface area contributed by atoms with Gasteiger partial charge in [-0.3, -0.25) is 9.59 Å². The van der Waals surface area contributed by atoms with Gasteiger partial charge in [0, 0.05) is 24.8 Å². The minimum Gasteiger partial charge on any atom is -0.493 e. The van der Waals surface area contributed by atoms with Gasteiger partial charge in [0.15, 0.2) is 11.5 Å². The molecule has 7 heteroatoms. The highest BCUT2D eigenvalue weighted by molar-refractivity contribution is 5.91. The molecule has 0 aliphatic heterocycles. The number of allylic oxidation sites excluding steroid dienone is 1. The highest BCUT2D eigenvalue weighted by Gasteiger charge is 2.57. The highest BCUT2D eigenvalue weighted by Crippen LogP contribution is 2.63. The molecule has 3 rings (SSSR count). The van der Waals surface area contributed by atoms with E-state index in [2.05, 4.69) is 20.4 Å². The molecular weight excluding hydrogens is 448 g/mol. The van der Waals surface area contributed by atoms with Crippen molar-refractivity contribution in [2.75, 3.05) is 20.8 Å². The monoisotopic (exact) mass is 486 g/mol. The van der Waals surface area contributed by atoms with Crippen LogP contribution in [-0.4, -0.2) is 38.7 Å². The van der Waals surface area contributed by atoms with Gasteiger partial charge in [0.25, 0.3) is 0 Å². The first-order valence-corrected chi connectivity index (χ1v) is 12.3. The third kappa shape index (κ3) is 5.09. The van der Waals surface area contributed by atoms with Crippen LogP contribution in [0.4, 0.5) is 0 Å². The molecule has 1 aromatic rings. The Balaban J connectivity index is 2.22. The zero-order valence-corrected chi connectivity index (χ0v) is 21.8. The molecule has 0 radical (unpaired) electrons. The lowest BCUT2D eigenvalue weighted by Crippen LogP contribution is -2.55. The lowest BCUT2D eigenvalue weighted by molar-refractivity contribution is -0.156. The van der Waals surface area contributed by atoms with Gasteiger partial charge in [0.1, 0.15) is 0 Å². The van der Waals surface area contributed by atoms with Gasteiger partial charge in [-0.2, -0.15) is 0 Å². The van der Waals surface area contributed by atoms with Crippen molar-refractivity contribution in [2.45, 2.75) is 66.2 Å². The van der Waals surface area contributed by atoms with E-state index in [1.165, 1.54) is 39.7 Å². The summed E-state index contributed by atoms with van der Waals surface area (Å²) in [4.78, 5) is 36.5. The topological polar surface area (TPSA) is 88.1 Å². The second-order valence-corrected chi connectivity index (χ2v) is 10.3. The first kappa shape index (κ1) is 26.8. The number of esters is 3. The fraction of sp³-hybridized carbons (Fsp3) is 0.607. The van der Waals surface area contributed by atoms with Crippen LogP contribution in [0.3, 0.4) is 0 Å². The summed E-state index contributed by atoms with van der Waals surface area (Å²) in [5.74, 6) is -0.359. The number of benzene rings is 1. The molecule has 0 aromatic heterocycles. The molecule has 192 valence electrons. The summed E-state index contributed by atoms with van der Waals surface area (Å²) >= 11 is 0. The summed E-state index contributed by atoms with van der Waals surface area (Å²) in [6, 6.07) is 3.22. The van der Waals surface area contributed by atoms with E-state index in [4.69, 9.17) is 18.9 Å². The molecule has 7 nitrogen and oxygen atoms in total. The Morgan fingerprint density at radius 1 is 1.11 bits per heavy atom. The molecule has 0 unspecified atom stereocenters. The van der Waals surface area contributed by atoms with Crippen LogP contribution in [0.25, 0.3) is 0 Å². The summed E-state index contributed by atoms with van der Waals surface area (Å²) in [6.07, 6.45) is 5.42.